The van der Waals surface area contributed by atoms with Gasteiger partial charge in [0.15, 0.2) is 6.04 Å². The summed E-state index contributed by atoms with van der Waals surface area (Å²) < 4.78 is 7.42. The van der Waals surface area contributed by atoms with E-state index in [2.05, 4.69) is 79.0 Å². The summed E-state index contributed by atoms with van der Waals surface area (Å²) in [5.41, 5.74) is 2.62. The predicted molar refractivity (Wildman–Crippen MR) is 145 cm³/mol. The molecule has 0 fully saturated rings. The van der Waals surface area contributed by atoms with Crippen molar-refractivity contribution in [1.82, 2.24) is 9.47 Å². The van der Waals surface area contributed by atoms with E-state index in [-0.39, 0.29) is 5.56 Å². The first-order valence-electron chi connectivity index (χ1n) is 11.7. The number of aromatic nitrogens is 2. The molecule has 3 heterocycles. The van der Waals surface area contributed by atoms with Gasteiger partial charge in [-0.15, -0.1) is 11.3 Å². The molecule has 0 radical (unpaired) electrons. The summed E-state index contributed by atoms with van der Waals surface area (Å²) >= 11 is 5.11. The molecule has 1 atom stereocenters. The first-order chi connectivity index (χ1) is 16.0. The van der Waals surface area contributed by atoms with Gasteiger partial charge in [0.05, 0.1) is 15.6 Å². The molecule has 1 aromatic carbocycles. The number of thioether (sulfide) groups is 1. The molecule has 0 aliphatic carbocycles. The van der Waals surface area contributed by atoms with Gasteiger partial charge in [0.25, 0.3) is 10.6 Å². The Hall–Kier alpha value is -2.09. The lowest BCUT2D eigenvalue weighted by Gasteiger charge is -2.18. The average molecular weight is 499 g/mol. The van der Waals surface area contributed by atoms with E-state index in [0.29, 0.717) is 12.6 Å². The quantitative estimate of drug-likeness (QED) is 0.421. The fraction of sp³-hybridized carbons (Fsp3) is 0.385. The molecular formula is C26H32N3OS3+. The molecule has 0 saturated heterocycles. The molecule has 1 aliphatic rings. The molecule has 4 rings (SSSR count). The summed E-state index contributed by atoms with van der Waals surface area (Å²) in [5.74, 6) is 0. The minimum atomic E-state index is 0.0931. The molecule has 1 unspecified atom stereocenters. The summed E-state index contributed by atoms with van der Waals surface area (Å²) in [5, 5.41) is 4.54. The second-order valence-corrected chi connectivity index (χ2v) is 11.2. The molecular weight excluding hydrogens is 467 g/mol. The zero-order valence-electron chi connectivity index (χ0n) is 20.0. The van der Waals surface area contributed by atoms with Crippen molar-refractivity contribution < 1.29 is 4.57 Å². The normalized spacial score (nSPS) is 17.5. The van der Waals surface area contributed by atoms with Gasteiger partial charge in [-0.2, -0.15) is 4.57 Å². The number of para-hydroxylation sites is 1. The number of rotatable bonds is 7. The monoisotopic (exact) mass is 498 g/mol. The summed E-state index contributed by atoms with van der Waals surface area (Å²) in [6.07, 6.45) is 8.56. The van der Waals surface area contributed by atoms with Crippen LogP contribution in [0.3, 0.4) is 0 Å². The van der Waals surface area contributed by atoms with E-state index < -0.39 is 0 Å². The van der Waals surface area contributed by atoms with Crippen molar-refractivity contribution in [2.24, 2.45) is 0 Å². The molecule has 0 amide bonds. The van der Waals surface area contributed by atoms with Crippen LogP contribution < -0.4 is 19.3 Å². The van der Waals surface area contributed by atoms with Crippen molar-refractivity contribution >= 4 is 56.8 Å². The summed E-state index contributed by atoms with van der Waals surface area (Å²) in [4.78, 5) is 15.5. The van der Waals surface area contributed by atoms with E-state index in [4.69, 9.17) is 0 Å². The average Bonchev–Trinajstić information content (AvgIpc) is 3.44. The molecule has 0 saturated carbocycles. The van der Waals surface area contributed by atoms with Crippen LogP contribution in [0, 0.1) is 0 Å². The van der Waals surface area contributed by atoms with Gasteiger partial charge in [-0.3, -0.25) is 9.36 Å². The summed E-state index contributed by atoms with van der Waals surface area (Å²) in [6.45, 7) is 12.4. The lowest BCUT2D eigenvalue weighted by atomic mass is 10.2. The highest BCUT2D eigenvalue weighted by molar-refractivity contribution is 8.06. The van der Waals surface area contributed by atoms with Crippen LogP contribution in [0.25, 0.3) is 22.4 Å². The molecule has 0 N–H and O–H groups in total. The van der Waals surface area contributed by atoms with Gasteiger partial charge in [0.2, 0.25) is 5.52 Å². The van der Waals surface area contributed by atoms with Crippen LogP contribution in [-0.4, -0.2) is 16.0 Å². The van der Waals surface area contributed by atoms with Crippen LogP contribution in [0.1, 0.15) is 58.5 Å². The van der Waals surface area contributed by atoms with Crippen LogP contribution in [0.4, 0.5) is 0 Å². The van der Waals surface area contributed by atoms with E-state index >= 15 is 0 Å². The molecule has 174 valence electrons. The van der Waals surface area contributed by atoms with Gasteiger partial charge in [-0.05, 0) is 57.7 Å². The van der Waals surface area contributed by atoms with Crippen molar-refractivity contribution in [3.63, 3.8) is 0 Å². The third-order valence-corrected chi connectivity index (χ3v) is 9.18. The van der Waals surface area contributed by atoms with Crippen molar-refractivity contribution in [3.8, 4) is 0 Å². The van der Waals surface area contributed by atoms with Gasteiger partial charge >= 0.3 is 0 Å². The van der Waals surface area contributed by atoms with Crippen molar-refractivity contribution in [3.05, 3.63) is 71.0 Å². The molecule has 1 aliphatic heterocycles. The number of nitrogens with zero attached hydrogens (tertiary/aromatic N) is 3. The van der Waals surface area contributed by atoms with E-state index in [1.807, 2.05) is 17.6 Å². The number of benzene rings is 1. The molecule has 3 aromatic rings. The van der Waals surface area contributed by atoms with E-state index in [1.54, 1.807) is 34.4 Å². The molecule has 2 aromatic heterocycles. The Morgan fingerprint density at radius 2 is 1.88 bits per heavy atom. The third kappa shape index (κ3) is 4.77. The number of allylic oxidation sites excluding steroid dienone is 2. The molecule has 0 spiro atoms. The van der Waals surface area contributed by atoms with Crippen molar-refractivity contribution in [2.45, 2.75) is 60.0 Å². The van der Waals surface area contributed by atoms with Gasteiger partial charge in [0, 0.05) is 31.3 Å². The van der Waals surface area contributed by atoms with E-state index in [1.165, 1.54) is 26.0 Å². The topological polar surface area (TPSA) is 29.1 Å². The zero-order valence-corrected chi connectivity index (χ0v) is 22.4. The van der Waals surface area contributed by atoms with Gasteiger partial charge in [0.1, 0.15) is 9.36 Å². The Kier molecular flexibility index (Phi) is 7.62. The number of hydrogen-bond donors (Lipinski definition) is 0. The van der Waals surface area contributed by atoms with Crippen LogP contribution in [0.15, 0.2) is 51.3 Å². The Morgan fingerprint density at radius 3 is 2.61 bits per heavy atom. The summed E-state index contributed by atoms with van der Waals surface area (Å²) in [6, 6.07) is 9.01. The highest BCUT2D eigenvalue weighted by Gasteiger charge is 2.24. The van der Waals surface area contributed by atoms with Gasteiger partial charge in [-0.1, -0.05) is 42.2 Å². The molecule has 33 heavy (non-hydrogen) atoms. The number of hydrogen-bond acceptors (Lipinski definition) is 5. The zero-order chi connectivity index (χ0) is 23.5. The lowest BCUT2D eigenvalue weighted by Crippen LogP contribution is -2.40. The van der Waals surface area contributed by atoms with Crippen LogP contribution in [-0.2, 0) is 6.54 Å². The maximum absolute atomic E-state index is 13.2. The Bertz CT molecular complexity index is 1390. The second-order valence-electron chi connectivity index (χ2n) is 8.21. The van der Waals surface area contributed by atoms with Crippen LogP contribution >= 0.6 is 34.4 Å². The van der Waals surface area contributed by atoms with E-state index in [9.17, 15) is 4.79 Å². The fourth-order valence-electron chi connectivity index (χ4n) is 4.31. The Morgan fingerprint density at radius 1 is 1.09 bits per heavy atom. The lowest BCUT2D eigenvalue weighted by molar-refractivity contribution is -0.693. The van der Waals surface area contributed by atoms with E-state index in [0.717, 1.165) is 28.6 Å². The molecule has 0 bridgehead atoms. The molecule has 4 nitrogen and oxygen atoms in total. The van der Waals surface area contributed by atoms with Gasteiger partial charge in [-0.25, -0.2) is 0 Å². The largest absolute Gasteiger partial charge is 0.340 e. The second kappa shape index (κ2) is 10.5. The van der Waals surface area contributed by atoms with Crippen molar-refractivity contribution in [1.29, 1.82) is 0 Å². The standard InChI is InChI=1S/C26H32N3OS3/c1-6-11-18(4)29-20-12-9-10-13-21(20)32-25(29)16-24-28(8-3)26(30)22(33-24)14-15-23-27(7-2)19(5)17-31-23/h9-10,12-18H,6-8,11H2,1-5H3/q+1. The van der Waals surface area contributed by atoms with Crippen LogP contribution in [0.5, 0.6) is 0 Å². The minimum Gasteiger partial charge on any atom is -0.340 e. The first kappa shape index (κ1) is 24.0. The summed E-state index contributed by atoms with van der Waals surface area (Å²) in [7, 11) is 0. The third-order valence-electron chi connectivity index (χ3n) is 5.96. The van der Waals surface area contributed by atoms with Crippen LogP contribution in [0.2, 0.25) is 0 Å². The Balaban J connectivity index is 1.84. The fourth-order valence-corrected chi connectivity index (χ4v) is 7.60. The number of fused-ring (bicyclic) bond motifs is 1. The van der Waals surface area contributed by atoms with Gasteiger partial charge < -0.3 is 4.90 Å². The Labute approximate surface area is 207 Å². The highest BCUT2D eigenvalue weighted by Crippen LogP contribution is 2.33. The maximum Gasteiger partial charge on any atom is 0.269 e. The predicted octanol–water partition coefficient (Wildman–Crippen LogP) is 5.17. The number of thiazole rings is 2. The minimum absolute atomic E-state index is 0.0931. The smallest absolute Gasteiger partial charge is 0.269 e. The highest BCUT2D eigenvalue weighted by atomic mass is 32.2. The molecule has 7 heteroatoms. The first-order valence-corrected chi connectivity index (χ1v) is 14.2. The maximum atomic E-state index is 13.2. The van der Waals surface area contributed by atoms with Crippen molar-refractivity contribution in [2.75, 3.05) is 6.54 Å². The SMILES string of the molecule is CCCC(C)[n+]1c(/C=c2\sc(=CC=C3SC=C(C)N3CC)c(=O)n2CC)sc2ccccc21.